The maximum atomic E-state index is 11.2. The maximum absolute atomic E-state index is 11.2. The molecule has 0 saturated carbocycles. The molecule has 1 atom stereocenters. The van der Waals surface area contributed by atoms with Crippen molar-refractivity contribution >= 4 is 29.0 Å². The Morgan fingerprint density at radius 2 is 2.14 bits per heavy atom. The quantitative estimate of drug-likeness (QED) is 0.726. The highest BCUT2D eigenvalue weighted by molar-refractivity contribution is 6.31. The highest BCUT2D eigenvalue weighted by Gasteiger charge is 2.18. The number of alkyl halides is 2. The zero-order valence-electron chi connectivity index (χ0n) is 8.18. The Bertz CT molecular complexity index is 347. The normalized spacial score (nSPS) is 12.6. The number of carbonyl (C=O) groups excluding carboxylic acids is 1. The van der Waals surface area contributed by atoms with Crippen LogP contribution in [0.25, 0.3) is 0 Å². The minimum atomic E-state index is -0.579. The summed E-state index contributed by atoms with van der Waals surface area (Å²) in [5.41, 5.74) is 2.80. The van der Waals surface area contributed by atoms with E-state index in [0.717, 1.165) is 16.7 Å². The molecule has 0 aliphatic carbocycles. The average molecular weight is 231 g/mol. The molecule has 76 valence electrons. The van der Waals surface area contributed by atoms with Gasteiger partial charge in [-0.3, -0.25) is 4.79 Å². The van der Waals surface area contributed by atoms with Gasteiger partial charge in [-0.2, -0.15) is 0 Å². The van der Waals surface area contributed by atoms with E-state index in [1.165, 1.54) is 6.92 Å². The Balaban J connectivity index is 3.23. The van der Waals surface area contributed by atoms with Crippen molar-refractivity contribution in [3.05, 3.63) is 34.9 Å². The summed E-state index contributed by atoms with van der Waals surface area (Å²) in [6.07, 6.45) is 0. The van der Waals surface area contributed by atoms with E-state index in [0.29, 0.717) is 5.88 Å². The Kier molecular flexibility index (Phi) is 3.97. The molecule has 0 aliphatic rings. The summed E-state index contributed by atoms with van der Waals surface area (Å²) in [5.74, 6) is 0.334. The van der Waals surface area contributed by atoms with Crippen LogP contribution in [0.2, 0.25) is 0 Å². The first kappa shape index (κ1) is 11.5. The molecular formula is C11H12Cl2O. The summed E-state index contributed by atoms with van der Waals surface area (Å²) in [5, 5.41) is -0.579. The Labute approximate surface area is 94.0 Å². The van der Waals surface area contributed by atoms with E-state index < -0.39 is 5.38 Å². The average Bonchev–Trinajstić information content (AvgIpc) is 2.16. The van der Waals surface area contributed by atoms with Crippen molar-refractivity contribution < 1.29 is 4.79 Å². The molecule has 1 rings (SSSR count). The lowest BCUT2D eigenvalue weighted by Crippen LogP contribution is -2.06. The van der Waals surface area contributed by atoms with Crippen LogP contribution in [0.15, 0.2) is 18.2 Å². The Hall–Kier alpha value is -0.530. The fourth-order valence-electron chi connectivity index (χ4n) is 1.42. The Morgan fingerprint density at radius 3 is 2.64 bits per heavy atom. The van der Waals surface area contributed by atoms with Crippen LogP contribution in [0.5, 0.6) is 0 Å². The molecule has 1 nitrogen and oxygen atoms in total. The molecule has 0 aromatic heterocycles. The fourth-order valence-corrected chi connectivity index (χ4v) is 1.97. The molecule has 0 aliphatic heterocycles. The third-order valence-electron chi connectivity index (χ3n) is 2.17. The van der Waals surface area contributed by atoms with Crippen molar-refractivity contribution in [3.63, 3.8) is 0 Å². The highest BCUT2D eigenvalue weighted by atomic mass is 35.5. The first-order valence-corrected chi connectivity index (χ1v) is 5.34. The van der Waals surface area contributed by atoms with Gasteiger partial charge in [0.2, 0.25) is 0 Å². The summed E-state index contributed by atoms with van der Waals surface area (Å²) in [4.78, 5) is 11.2. The summed E-state index contributed by atoms with van der Waals surface area (Å²) in [6, 6.07) is 5.75. The third-order valence-corrected chi connectivity index (χ3v) is 2.98. The molecule has 14 heavy (non-hydrogen) atoms. The van der Waals surface area contributed by atoms with Crippen LogP contribution < -0.4 is 0 Å². The summed E-state index contributed by atoms with van der Waals surface area (Å²) in [6.45, 7) is 3.42. The number of rotatable bonds is 3. The number of aryl methyl sites for hydroxylation is 1. The van der Waals surface area contributed by atoms with Gasteiger partial charge in [0.25, 0.3) is 0 Å². The minimum Gasteiger partial charge on any atom is -0.298 e. The van der Waals surface area contributed by atoms with Gasteiger partial charge >= 0.3 is 0 Å². The van der Waals surface area contributed by atoms with Crippen LogP contribution in [0, 0.1) is 6.92 Å². The van der Waals surface area contributed by atoms with E-state index in [-0.39, 0.29) is 5.78 Å². The minimum absolute atomic E-state index is 0.0488. The van der Waals surface area contributed by atoms with E-state index in [9.17, 15) is 4.79 Å². The van der Waals surface area contributed by atoms with Crippen LogP contribution in [0.3, 0.4) is 0 Å². The van der Waals surface area contributed by atoms with E-state index in [1.807, 2.05) is 25.1 Å². The number of hydrogen-bond acceptors (Lipinski definition) is 1. The molecule has 0 fully saturated rings. The van der Waals surface area contributed by atoms with Crippen molar-refractivity contribution in [1.82, 2.24) is 0 Å². The van der Waals surface area contributed by atoms with Crippen molar-refractivity contribution in [2.45, 2.75) is 25.1 Å². The second kappa shape index (κ2) is 4.81. The van der Waals surface area contributed by atoms with Crippen LogP contribution in [0.4, 0.5) is 0 Å². The van der Waals surface area contributed by atoms with Crippen LogP contribution >= 0.6 is 23.2 Å². The Morgan fingerprint density at radius 1 is 1.50 bits per heavy atom. The van der Waals surface area contributed by atoms with Crippen molar-refractivity contribution in [2.24, 2.45) is 0 Å². The number of halogens is 2. The van der Waals surface area contributed by atoms with Gasteiger partial charge in [-0.15, -0.1) is 23.2 Å². The van der Waals surface area contributed by atoms with Crippen molar-refractivity contribution in [3.8, 4) is 0 Å². The molecular weight excluding hydrogens is 219 g/mol. The molecule has 0 saturated heterocycles. The highest BCUT2D eigenvalue weighted by Crippen LogP contribution is 2.29. The zero-order valence-corrected chi connectivity index (χ0v) is 9.69. The number of ketones is 1. The predicted octanol–water partition coefficient (Wildman–Crippen LogP) is 3.60. The molecule has 3 heteroatoms. The summed E-state index contributed by atoms with van der Waals surface area (Å²) >= 11 is 11.8. The third kappa shape index (κ3) is 2.28. The van der Waals surface area contributed by atoms with Gasteiger partial charge in [-0.25, -0.2) is 0 Å². The SMILES string of the molecule is CC(=O)C(Cl)c1c(C)cccc1CCl. The number of hydrogen-bond donors (Lipinski definition) is 0. The standard InChI is InChI=1S/C11H12Cl2O/c1-7-4-3-5-9(6-12)10(7)11(13)8(2)14/h3-5,11H,6H2,1-2H3. The monoisotopic (exact) mass is 230 g/mol. The molecule has 0 amide bonds. The molecule has 0 heterocycles. The van der Waals surface area contributed by atoms with Crippen LogP contribution in [-0.4, -0.2) is 5.78 Å². The fraction of sp³-hybridized carbons (Fsp3) is 0.364. The van der Waals surface area contributed by atoms with Gasteiger partial charge in [0.05, 0.1) is 0 Å². The van der Waals surface area contributed by atoms with E-state index in [1.54, 1.807) is 0 Å². The largest absolute Gasteiger partial charge is 0.298 e. The van der Waals surface area contributed by atoms with Crippen LogP contribution in [-0.2, 0) is 10.7 Å². The first-order valence-electron chi connectivity index (χ1n) is 4.36. The first-order chi connectivity index (χ1) is 6.57. The summed E-state index contributed by atoms with van der Waals surface area (Å²) in [7, 11) is 0. The van der Waals surface area contributed by atoms with Gasteiger partial charge in [-0.05, 0) is 30.5 Å². The number of carbonyl (C=O) groups is 1. The lowest BCUT2D eigenvalue weighted by Gasteiger charge is -2.13. The maximum Gasteiger partial charge on any atom is 0.152 e. The molecule has 0 N–H and O–H groups in total. The van der Waals surface area contributed by atoms with Gasteiger partial charge in [0, 0.05) is 5.88 Å². The molecule has 0 bridgehead atoms. The molecule has 0 radical (unpaired) electrons. The lowest BCUT2D eigenvalue weighted by molar-refractivity contribution is -0.116. The van der Waals surface area contributed by atoms with Gasteiger partial charge in [-0.1, -0.05) is 18.2 Å². The topological polar surface area (TPSA) is 17.1 Å². The molecule has 1 aromatic rings. The summed E-state index contributed by atoms with van der Waals surface area (Å²) < 4.78 is 0. The van der Waals surface area contributed by atoms with Gasteiger partial charge < -0.3 is 0 Å². The van der Waals surface area contributed by atoms with E-state index >= 15 is 0 Å². The van der Waals surface area contributed by atoms with Crippen LogP contribution in [0.1, 0.15) is 29.0 Å². The number of Topliss-reactive ketones (excluding diaryl/α,β-unsaturated/α-hetero) is 1. The smallest absolute Gasteiger partial charge is 0.152 e. The molecule has 0 spiro atoms. The van der Waals surface area contributed by atoms with Crippen molar-refractivity contribution in [2.75, 3.05) is 0 Å². The van der Waals surface area contributed by atoms with E-state index in [2.05, 4.69) is 0 Å². The molecule has 1 aromatic carbocycles. The van der Waals surface area contributed by atoms with Gasteiger partial charge in [0.15, 0.2) is 5.78 Å². The number of benzene rings is 1. The second-order valence-electron chi connectivity index (χ2n) is 3.25. The van der Waals surface area contributed by atoms with E-state index in [4.69, 9.17) is 23.2 Å². The molecule has 1 unspecified atom stereocenters. The van der Waals surface area contributed by atoms with Crippen molar-refractivity contribution in [1.29, 1.82) is 0 Å². The van der Waals surface area contributed by atoms with Gasteiger partial charge in [0.1, 0.15) is 5.38 Å². The predicted molar refractivity (Wildman–Crippen MR) is 60.0 cm³/mol. The zero-order chi connectivity index (χ0) is 10.7. The lowest BCUT2D eigenvalue weighted by atomic mass is 9.98. The second-order valence-corrected chi connectivity index (χ2v) is 3.96.